The Morgan fingerprint density at radius 2 is 0.588 bits per heavy atom. The summed E-state index contributed by atoms with van der Waals surface area (Å²) < 4.78 is 5.51. The van der Waals surface area contributed by atoms with Gasteiger partial charge in [-0.25, -0.2) is 0 Å². The molecule has 0 spiro atoms. The van der Waals surface area contributed by atoms with Crippen LogP contribution < -0.4 is 5.32 Å². The van der Waals surface area contributed by atoms with E-state index >= 15 is 0 Å². The highest BCUT2D eigenvalue weighted by molar-refractivity contribution is 5.76. The number of hydrogen-bond acceptors (Lipinski definition) is 5. The van der Waals surface area contributed by atoms with Gasteiger partial charge in [-0.2, -0.15) is 0 Å². The van der Waals surface area contributed by atoms with E-state index in [1.807, 2.05) is 0 Å². The van der Waals surface area contributed by atoms with Crippen molar-refractivity contribution in [3.8, 4) is 0 Å². The number of aliphatic hydroxyl groups excluding tert-OH is 2. The predicted molar refractivity (Wildman–Crippen MR) is 352 cm³/mol. The molecule has 0 saturated carbocycles. The van der Waals surface area contributed by atoms with Crippen LogP contribution in [-0.2, 0) is 14.3 Å². The maximum Gasteiger partial charge on any atom is 0.305 e. The molecular formula is C74H143NO5. The van der Waals surface area contributed by atoms with E-state index in [-0.39, 0.29) is 18.5 Å². The first-order valence-corrected chi connectivity index (χ1v) is 36.6. The number of unbranched alkanes of at least 4 members (excludes halogenated alkanes) is 54. The molecule has 6 heteroatoms. The summed E-state index contributed by atoms with van der Waals surface area (Å²) in [5, 5.41) is 23.2. The highest BCUT2D eigenvalue weighted by Crippen LogP contribution is 2.19. The van der Waals surface area contributed by atoms with Crippen LogP contribution in [0.5, 0.6) is 0 Å². The van der Waals surface area contributed by atoms with Crippen molar-refractivity contribution in [2.75, 3.05) is 13.2 Å². The zero-order valence-electron chi connectivity index (χ0n) is 54.3. The molecule has 0 fully saturated rings. The standard InChI is InChI=1S/C74H143NO5/c1-3-5-7-9-11-13-15-16-17-18-39-42-45-48-52-56-60-64-68-74(79)80-69-65-61-57-53-49-46-43-40-37-35-33-31-29-27-25-23-21-19-20-22-24-26-28-30-32-34-36-38-41-44-47-51-55-59-63-67-73(78)75-71(70-76)72(77)66-62-58-54-50-14-12-10-8-6-4-2/h17-18,21,23,71-72,76-77H,3-16,19-20,22,24-70H2,1-2H3,(H,75,78)/b18-17-,23-21-. The molecule has 0 bridgehead atoms. The van der Waals surface area contributed by atoms with E-state index < -0.39 is 12.1 Å². The average molecular weight is 1130 g/mol. The zero-order valence-corrected chi connectivity index (χ0v) is 54.3. The molecule has 0 heterocycles. The molecule has 0 aromatic rings. The Hall–Kier alpha value is -1.66. The van der Waals surface area contributed by atoms with E-state index in [1.165, 1.54) is 334 Å². The highest BCUT2D eigenvalue weighted by Gasteiger charge is 2.20. The first kappa shape index (κ1) is 78.3. The zero-order chi connectivity index (χ0) is 57.8. The maximum absolute atomic E-state index is 12.4. The summed E-state index contributed by atoms with van der Waals surface area (Å²) in [4.78, 5) is 24.6. The number of carbonyl (C=O) groups is 2. The molecule has 2 unspecified atom stereocenters. The van der Waals surface area contributed by atoms with E-state index in [2.05, 4.69) is 43.5 Å². The molecule has 0 rings (SSSR count). The SMILES string of the molecule is CCCCCCCCC/C=C\CCCCCCCCCC(=O)OCCCCCCCCCCCCCCCC/C=C\CCCCCCCCCCCCCCCCCCCC(=O)NC(CO)C(O)CCCCCCCCCCCC. The molecule has 0 aliphatic rings. The van der Waals surface area contributed by atoms with Gasteiger partial charge in [-0.05, 0) is 77.0 Å². The third kappa shape index (κ3) is 65.5. The Morgan fingerprint density at radius 3 is 0.887 bits per heavy atom. The van der Waals surface area contributed by atoms with Crippen LogP contribution in [0.1, 0.15) is 412 Å². The number of esters is 1. The van der Waals surface area contributed by atoms with Crippen molar-refractivity contribution in [2.45, 2.75) is 424 Å². The van der Waals surface area contributed by atoms with Gasteiger partial charge in [0.15, 0.2) is 0 Å². The van der Waals surface area contributed by atoms with Crippen molar-refractivity contribution in [2.24, 2.45) is 0 Å². The van der Waals surface area contributed by atoms with Crippen LogP contribution in [-0.4, -0.2) is 47.4 Å². The first-order chi connectivity index (χ1) is 39.5. The molecule has 3 N–H and O–H groups in total. The minimum atomic E-state index is -0.659. The largest absolute Gasteiger partial charge is 0.466 e. The summed E-state index contributed by atoms with van der Waals surface area (Å²) in [6.45, 7) is 4.97. The summed E-state index contributed by atoms with van der Waals surface area (Å²) in [6, 6.07) is -0.536. The Bertz CT molecular complexity index is 1250. The molecule has 0 aromatic carbocycles. The van der Waals surface area contributed by atoms with Gasteiger partial charge in [-0.1, -0.05) is 346 Å². The highest BCUT2D eigenvalue weighted by atomic mass is 16.5. The van der Waals surface area contributed by atoms with E-state index in [0.29, 0.717) is 25.9 Å². The summed E-state index contributed by atoms with van der Waals surface area (Å²) in [5.74, 6) is -0.0132. The lowest BCUT2D eigenvalue weighted by atomic mass is 10.0. The molecule has 6 nitrogen and oxygen atoms in total. The number of hydrogen-bond donors (Lipinski definition) is 3. The third-order valence-corrected chi connectivity index (χ3v) is 17.2. The van der Waals surface area contributed by atoms with Crippen molar-refractivity contribution in [1.29, 1.82) is 0 Å². The monoisotopic (exact) mass is 1130 g/mol. The number of aliphatic hydroxyl groups is 2. The van der Waals surface area contributed by atoms with Gasteiger partial charge in [0.05, 0.1) is 25.4 Å². The maximum atomic E-state index is 12.4. The Morgan fingerprint density at radius 1 is 0.338 bits per heavy atom. The molecular weight excluding hydrogens is 983 g/mol. The van der Waals surface area contributed by atoms with Crippen molar-refractivity contribution in [3.05, 3.63) is 24.3 Å². The quantitative estimate of drug-likeness (QED) is 0.0320. The van der Waals surface area contributed by atoms with Crippen LogP contribution >= 0.6 is 0 Å². The van der Waals surface area contributed by atoms with E-state index in [0.717, 1.165) is 44.9 Å². The molecule has 0 aromatic heterocycles. The topological polar surface area (TPSA) is 95.9 Å². The van der Waals surface area contributed by atoms with Crippen LogP contribution in [0.3, 0.4) is 0 Å². The van der Waals surface area contributed by atoms with Gasteiger partial charge in [0, 0.05) is 12.8 Å². The fourth-order valence-electron chi connectivity index (χ4n) is 11.6. The molecule has 1 amide bonds. The minimum absolute atomic E-state index is 0.0179. The van der Waals surface area contributed by atoms with Gasteiger partial charge in [0.1, 0.15) is 0 Å². The van der Waals surface area contributed by atoms with Gasteiger partial charge < -0.3 is 20.3 Å². The van der Waals surface area contributed by atoms with Crippen molar-refractivity contribution in [3.63, 3.8) is 0 Å². The molecule has 0 aliphatic heterocycles. The van der Waals surface area contributed by atoms with Crippen molar-refractivity contribution in [1.82, 2.24) is 5.32 Å². The van der Waals surface area contributed by atoms with Gasteiger partial charge in [-0.15, -0.1) is 0 Å². The molecule has 0 radical (unpaired) electrons. The fourth-order valence-corrected chi connectivity index (χ4v) is 11.6. The number of rotatable bonds is 69. The molecule has 474 valence electrons. The molecule has 80 heavy (non-hydrogen) atoms. The number of amides is 1. The van der Waals surface area contributed by atoms with Crippen LogP contribution in [0, 0.1) is 0 Å². The third-order valence-electron chi connectivity index (χ3n) is 17.2. The first-order valence-electron chi connectivity index (χ1n) is 36.6. The summed E-state index contributed by atoms with van der Waals surface area (Å²) in [6.07, 6.45) is 88.3. The summed E-state index contributed by atoms with van der Waals surface area (Å²) >= 11 is 0. The second-order valence-corrected chi connectivity index (χ2v) is 25.3. The van der Waals surface area contributed by atoms with Crippen molar-refractivity contribution < 1.29 is 24.5 Å². The van der Waals surface area contributed by atoms with Crippen LogP contribution in [0.25, 0.3) is 0 Å². The predicted octanol–water partition coefficient (Wildman–Crippen LogP) is 23.7. The second kappa shape index (κ2) is 69.8. The van der Waals surface area contributed by atoms with E-state index in [9.17, 15) is 19.8 Å². The van der Waals surface area contributed by atoms with Crippen LogP contribution in [0.2, 0.25) is 0 Å². The Labute approximate surface area is 501 Å². The Balaban J connectivity index is 3.30. The molecule has 2 atom stereocenters. The van der Waals surface area contributed by atoms with Crippen LogP contribution in [0.4, 0.5) is 0 Å². The smallest absolute Gasteiger partial charge is 0.305 e. The Kier molecular flexibility index (Phi) is 68.4. The lowest BCUT2D eigenvalue weighted by molar-refractivity contribution is -0.143. The fraction of sp³-hybridized carbons (Fsp3) is 0.919. The lowest BCUT2D eigenvalue weighted by Crippen LogP contribution is -2.45. The van der Waals surface area contributed by atoms with Gasteiger partial charge >= 0.3 is 5.97 Å². The number of ether oxygens (including phenoxy) is 1. The summed E-state index contributed by atoms with van der Waals surface area (Å²) in [7, 11) is 0. The number of allylic oxidation sites excluding steroid dienone is 4. The molecule has 0 aliphatic carbocycles. The normalized spacial score (nSPS) is 12.6. The van der Waals surface area contributed by atoms with Gasteiger partial charge in [0.2, 0.25) is 5.91 Å². The second-order valence-electron chi connectivity index (χ2n) is 25.3. The van der Waals surface area contributed by atoms with E-state index in [4.69, 9.17) is 4.74 Å². The average Bonchev–Trinajstić information content (AvgIpc) is 3.46. The van der Waals surface area contributed by atoms with Gasteiger partial charge in [-0.3, -0.25) is 9.59 Å². The number of nitrogens with one attached hydrogen (secondary N) is 1. The van der Waals surface area contributed by atoms with Crippen molar-refractivity contribution >= 4 is 11.9 Å². The lowest BCUT2D eigenvalue weighted by Gasteiger charge is -2.22. The minimum Gasteiger partial charge on any atom is -0.466 e. The molecule has 0 saturated heterocycles. The van der Waals surface area contributed by atoms with E-state index in [1.54, 1.807) is 0 Å². The van der Waals surface area contributed by atoms with Gasteiger partial charge in [0.25, 0.3) is 0 Å². The number of carbonyl (C=O) groups excluding carboxylic acids is 2. The van der Waals surface area contributed by atoms with Crippen LogP contribution in [0.15, 0.2) is 24.3 Å². The summed E-state index contributed by atoms with van der Waals surface area (Å²) in [5.41, 5.74) is 0.